The van der Waals surface area contributed by atoms with Gasteiger partial charge in [-0.15, -0.1) is 0 Å². The standard InChI is InChI=1S/C17H16ClN3O3/c1-20-13-8-12(15(24-3)9-14(13)21(2)17(20)23)19-16(22)10-4-6-11(18)7-5-10/h4-9H,1-3H3,(H,19,22). The topological polar surface area (TPSA) is 65.3 Å². The van der Waals surface area contributed by atoms with E-state index in [0.29, 0.717) is 27.5 Å². The molecule has 2 aromatic carbocycles. The molecule has 0 aliphatic carbocycles. The molecule has 7 heteroatoms. The summed E-state index contributed by atoms with van der Waals surface area (Å²) in [6, 6.07) is 10.0. The predicted octanol–water partition coefficient (Wildman–Crippen LogP) is 2.79. The van der Waals surface area contributed by atoms with E-state index in [-0.39, 0.29) is 11.6 Å². The highest BCUT2D eigenvalue weighted by Crippen LogP contribution is 2.30. The lowest BCUT2D eigenvalue weighted by Crippen LogP contribution is -2.19. The molecule has 0 aliphatic heterocycles. The Balaban J connectivity index is 2.05. The maximum absolute atomic E-state index is 12.4. The van der Waals surface area contributed by atoms with Gasteiger partial charge in [0.25, 0.3) is 5.91 Å². The number of halogens is 1. The third-order valence-electron chi connectivity index (χ3n) is 3.95. The van der Waals surface area contributed by atoms with Crippen LogP contribution in [0.4, 0.5) is 5.69 Å². The van der Waals surface area contributed by atoms with E-state index in [2.05, 4.69) is 5.32 Å². The summed E-state index contributed by atoms with van der Waals surface area (Å²) in [4.78, 5) is 24.5. The number of methoxy groups -OCH3 is 1. The van der Waals surface area contributed by atoms with Crippen molar-refractivity contribution in [1.82, 2.24) is 9.13 Å². The zero-order valence-corrected chi connectivity index (χ0v) is 14.2. The van der Waals surface area contributed by atoms with Crippen molar-refractivity contribution >= 4 is 34.2 Å². The summed E-state index contributed by atoms with van der Waals surface area (Å²) >= 11 is 5.84. The van der Waals surface area contributed by atoms with Gasteiger partial charge >= 0.3 is 5.69 Å². The zero-order valence-electron chi connectivity index (χ0n) is 13.5. The summed E-state index contributed by atoms with van der Waals surface area (Å²) in [5.74, 6) is 0.191. The Morgan fingerprint density at radius 2 is 1.67 bits per heavy atom. The Labute approximate surface area is 143 Å². The molecule has 0 aliphatic rings. The maximum atomic E-state index is 12.4. The lowest BCUT2D eigenvalue weighted by molar-refractivity contribution is 0.102. The van der Waals surface area contributed by atoms with Crippen LogP contribution in [0.2, 0.25) is 5.02 Å². The van der Waals surface area contributed by atoms with Crippen LogP contribution in [0.5, 0.6) is 5.75 Å². The van der Waals surface area contributed by atoms with Crippen molar-refractivity contribution in [2.75, 3.05) is 12.4 Å². The monoisotopic (exact) mass is 345 g/mol. The molecule has 0 saturated heterocycles. The van der Waals surface area contributed by atoms with Crippen LogP contribution in [0.3, 0.4) is 0 Å². The van der Waals surface area contributed by atoms with E-state index in [1.54, 1.807) is 50.5 Å². The van der Waals surface area contributed by atoms with Crippen molar-refractivity contribution in [3.05, 3.63) is 57.5 Å². The average molecular weight is 346 g/mol. The third kappa shape index (κ3) is 2.65. The number of amides is 1. The quantitative estimate of drug-likeness (QED) is 0.793. The largest absolute Gasteiger partial charge is 0.494 e. The minimum atomic E-state index is -0.287. The minimum absolute atomic E-state index is 0.145. The van der Waals surface area contributed by atoms with Gasteiger partial charge in [-0.05, 0) is 30.3 Å². The van der Waals surface area contributed by atoms with Crippen LogP contribution in [0, 0.1) is 0 Å². The van der Waals surface area contributed by atoms with Gasteiger partial charge in [0.1, 0.15) is 5.75 Å². The number of benzene rings is 2. The van der Waals surface area contributed by atoms with E-state index >= 15 is 0 Å². The highest BCUT2D eigenvalue weighted by molar-refractivity contribution is 6.30. The number of nitrogens with one attached hydrogen (secondary N) is 1. The number of imidazole rings is 1. The number of hydrogen-bond acceptors (Lipinski definition) is 3. The smallest absolute Gasteiger partial charge is 0.328 e. The SMILES string of the molecule is COc1cc2c(cc1NC(=O)c1ccc(Cl)cc1)n(C)c(=O)n2C. The van der Waals surface area contributed by atoms with Gasteiger partial charge in [0.15, 0.2) is 0 Å². The van der Waals surface area contributed by atoms with Crippen molar-refractivity contribution in [3.8, 4) is 5.75 Å². The Morgan fingerprint density at radius 1 is 1.08 bits per heavy atom. The van der Waals surface area contributed by atoms with Gasteiger partial charge in [-0.25, -0.2) is 4.79 Å². The van der Waals surface area contributed by atoms with Crippen molar-refractivity contribution in [1.29, 1.82) is 0 Å². The Morgan fingerprint density at radius 3 is 2.25 bits per heavy atom. The minimum Gasteiger partial charge on any atom is -0.494 e. The Bertz CT molecular complexity index is 987. The van der Waals surface area contributed by atoms with Gasteiger partial charge in [0, 0.05) is 30.7 Å². The fourth-order valence-electron chi connectivity index (χ4n) is 2.59. The van der Waals surface area contributed by atoms with Gasteiger partial charge in [-0.3, -0.25) is 13.9 Å². The molecule has 124 valence electrons. The number of carbonyl (C=O) groups is 1. The number of ether oxygens (including phenoxy) is 1. The molecule has 0 saturated carbocycles. The first kappa shape index (κ1) is 16.1. The molecule has 3 aromatic rings. The number of anilines is 1. The summed E-state index contributed by atoms with van der Waals surface area (Å²) in [5, 5.41) is 3.37. The molecule has 1 amide bonds. The Hall–Kier alpha value is -2.73. The first-order valence-corrected chi connectivity index (χ1v) is 7.60. The average Bonchev–Trinajstić information content (AvgIpc) is 2.79. The number of carbonyl (C=O) groups excluding carboxylic acids is 1. The number of aromatic nitrogens is 2. The summed E-state index contributed by atoms with van der Waals surface area (Å²) in [7, 11) is 4.89. The number of hydrogen-bond donors (Lipinski definition) is 1. The normalized spacial score (nSPS) is 10.8. The molecule has 6 nitrogen and oxygen atoms in total. The van der Waals surface area contributed by atoms with E-state index in [4.69, 9.17) is 16.3 Å². The molecular weight excluding hydrogens is 330 g/mol. The van der Waals surface area contributed by atoms with Crippen LogP contribution in [0.15, 0.2) is 41.2 Å². The highest BCUT2D eigenvalue weighted by Gasteiger charge is 2.15. The van der Waals surface area contributed by atoms with Crippen molar-refractivity contribution < 1.29 is 9.53 Å². The third-order valence-corrected chi connectivity index (χ3v) is 4.20. The van der Waals surface area contributed by atoms with Crippen molar-refractivity contribution in [2.45, 2.75) is 0 Å². The van der Waals surface area contributed by atoms with Crippen LogP contribution in [-0.2, 0) is 14.1 Å². The molecule has 0 atom stereocenters. The summed E-state index contributed by atoms with van der Waals surface area (Å²) in [5.41, 5.74) is 2.25. The molecule has 24 heavy (non-hydrogen) atoms. The molecule has 1 aromatic heterocycles. The summed E-state index contributed by atoms with van der Waals surface area (Å²) < 4.78 is 8.40. The second kappa shape index (κ2) is 6.05. The first-order chi connectivity index (χ1) is 11.4. The van der Waals surface area contributed by atoms with Crippen LogP contribution in [-0.4, -0.2) is 22.2 Å². The van der Waals surface area contributed by atoms with E-state index in [1.165, 1.54) is 16.2 Å². The van der Waals surface area contributed by atoms with Crippen LogP contribution in [0.25, 0.3) is 11.0 Å². The highest BCUT2D eigenvalue weighted by atomic mass is 35.5. The van der Waals surface area contributed by atoms with Crippen molar-refractivity contribution in [2.24, 2.45) is 14.1 Å². The van der Waals surface area contributed by atoms with E-state index < -0.39 is 0 Å². The van der Waals surface area contributed by atoms with Crippen LogP contribution in [0.1, 0.15) is 10.4 Å². The first-order valence-electron chi connectivity index (χ1n) is 7.22. The van der Waals surface area contributed by atoms with Gasteiger partial charge in [0.2, 0.25) is 0 Å². The van der Waals surface area contributed by atoms with Crippen molar-refractivity contribution in [3.63, 3.8) is 0 Å². The molecule has 0 unspecified atom stereocenters. The second-order valence-electron chi connectivity index (χ2n) is 5.40. The molecule has 0 bridgehead atoms. The van der Waals surface area contributed by atoms with E-state index in [1.807, 2.05) is 0 Å². The summed E-state index contributed by atoms with van der Waals surface area (Å²) in [6.07, 6.45) is 0. The predicted molar refractivity (Wildman–Crippen MR) is 94.1 cm³/mol. The Kier molecular flexibility index (Phi) is 4.07. The molecule has 0 fully saturated rings. The number of nitrogens with zero attached hydrogens (tertiary/aromatic N) is 2. The fraction of sp³-hybridized carbons (Fsp3) is 0.176. The number of fused-ring (bicyclic) bond motifs is 1. The lowest BCUT2D eigenvalue weighted by atomic mass is 10.2. The van der Waals surface area contributed by atoms with Gasteiger partial charge in [0.05, 0.1) is 23.8 Å². The zero-order chi connectivity index (χ0) is 17.4. The summed E-state index contributed by atoms with van der Waals surface area (Å²) in [6.45, 7) is 0. The van der Waals surface area contributed by atoms with Gasteiger partial charge in [-0.1, -0.05) is 11.6 Å². The molecule has 1 N–H and O–H groups in total. The van der Waals surface area contributed by atoms with E-state index in [0.717, 1.165) is 5.52 Å². The maximum Gasteiger partial charge on any atom is 0.328 e. The molecular formula is C17H16ClN3O3. The molecule has 3 rings (SSSR count). The molecule has 1 heterocycles. The fourth-order valence-corrected chi connectivity index (χ4v) is 2.71. The van der Waals surface area contributed by atoms with Crippen LogP contribution < -0.4 is 15.7 Å². The lowest BCUT2D eigenvalue weighted by Gasteiger charge is -2.11. The van der Waals surface area contributed by atoms with Gasteiger partial charge in [-0.2, -0.15) is 0 Å². The number of aryl methyl sites for hydroxylation is 2. The van der Waals surface area contributed by atoms with Gasteiger partial charge < -0.3 is 10.1 Å². The van der Waals surface area contributed by atoms with Crippen LogP contribution >= 0.6 is 11.6 Å². The second-order valence-corrected chi connectivity index (χ2v) is 5.84. The number of rotatable bonds is 3. The molecule has 0 spiro atoms. The van der Waals surface area contributed by atoms with E-state index in [9.17, 15) is 9.59 Å². The molecule has 0 radical (unpaired) electrons.